The normalized spacial score (nSPS) is 16.9. The van der Waals surface area contributed by atoms with Crippen molar-refractivity contribution in [3.8, 4) is 17.2 Å². The predicted molar refractivity (Wildman–Crippen MR) is 79.5 cm³/mol. The Labute approximate surface area is 127 Å². The number of anilines is 1. The van der Waals surface area contributed by atoms with Crippen LogP contribution in [-0.4, -0.2) is 35.0 Å². The molecule has 1 atom stereocenters. The van der Waals surface area contributed by atoms with E-state index in [0.29, 0.717) is 23.7 Å². The number of ether oxygens (including phenoxy) is 2. The molecular formula is C15H17N3O4. The first-order valence-corrected chi connectivity index (χ1v) is 6.81. The van der Waals surface area contributed by atoms with Crippen LogP contribution in [0.1, 0.15) is 23.5 Å². The summed E-state index contributed by atoms with van der Waals surface area (Å²) in [6.45, 7) is 0. The van der Waals surface area contributed by atoms with Crippen molar-refractivity contribution in [3.05, 3.63) is 29.5 Å². The summed E-state index contributed by atoms with van der Waals surface area (Å²) < 4.78 is 12.0. The van der Waals surface area contributed by atoms with E-state index in [0.717, 1.165) is 11.1 Å². The van der Waals surface area contributed by atoms with E-state index < -0.39 is 0 Å². The molecule has 0 saturated heterocycles. The smallest absolute Gasteiger partial charge is 0.226 e. The second kappa shape index (κ2) is 5.25. The van der Waals surface area contributed by atoms with Crippen LogP contribution in [0, 0.1) is 0 Å². The molecular weight excluding hydrogens is 286 g/mol. The second-order valence-corrected chi connectivity index (χ2v) is 5.15. The lowest BCUT2D eigenvalue weighted by Crippen LogP contribution is -2.24. The Morgan fingerprint density at radius 2 is 1.95 bits per heavy atom. The van der Waals surface area contributed by atoms with Crippen LogP contribution in [-0.2, 0) is 11.8 Å². The van der Waals surface area contributed by atoms with Crippen LogP contribution >= 0.6 is 0 Å². The van der Waals surface area contributed by atoms with Gasteiger partial charge in [0.25, 0.3) is 0 Å². The Morgan fingerprint density at radius 3 is 2.55 bits per heavy atom. The Balaban J connectivity index is 2.13. The van der Waals surface area contributed by atoms with E-state index in [4.69, 9.17) is 9.47 Å². The van der Waals surface area contributed by atoms with E-state index in [1.165, 1.54) is 14.2 Å². The van der Waals surface area contributed by atoms with Crippen LogP contribution in [0.3, 0.4) is 0 Å². The summed E-state index contributed by atoms with van der Waals surface area (Å²) in [5.74, 6) is 1.01. The number of aromatic hydroxyl groups is 1. The number of carbonyl (C=O) groups is 1. The Hall–Kier alpha value is -2.70. The maximum atomic E-state index is 12.0. The third-order valence-electron chi connectivity index (χ3n) is 3.89. The maximum absolute atomic E-state index is 12.0. The van der Waals surface area contributed by atoms with E-state index in [2.05, 4.69) is 10.4 Å². The number of carbonyl (C=O) groups excluding carboxylic acids is 1. The minimum atomic E-state index is -0.166. The zero-order chi connectivity index (χ0) is 15.9. The molecule has 7 nitrogen and oxygen atoms in total. The molecule has 2 N–H and O–H groups in total. The summed E-state index contributed by atoms with van der Waals surface area (Å²) in [6, 6.07) is 3.44. The molecule has 0 aliphatic carbocycles. The number of methoxy groups -OCH3 is 2. The zero-order valence-electron chi connectivity index (χ0n) is 12.6. The van der Waals surface area contributed by atoms with Crippen molar-refractivity contribution in [1.29, 1.82) is 0 Å². The first-order valence-electron chi connectivity index (χ1n) is 6.81. The number of hydrogen-bond donors (Lipinski definition) is 2. The molecule has 1 aromatic carbocycles. The molecule has 0 fully saturated rings. The lowest BCUT2D eigenvalue weighted by molar-refractivity contribution is -0.116. The van der Waals surface area contributed by atoms with Gasteiger partial charge in [-0.05, 0) is 17.7 Å². The van der Waals surface area contributed by atoms with Gasteiger partial charge in [0.15, 0.2) is 11.5 Å². The van der Waals surface area contributed by atoms with Gasteiger partial charge >= 0.3 is 0 Å². The Kier molecular flexibility index (Phi) is 3.40. The molecule has 1 unspecified atom stereocenters. The van der Waals surface area contributed by atoms with Gasteiger partial charge in [-0.25, -0.2) is 0 Å². The largest absolute Gasteiger partial charge is 0.502 e. The van der Waals surface area contributed by atoms with Crippen LogP contribution in [0.2, 0.25) is 0 Å². The zero-order valence-corrected chi connectivity index (χ0v) is 12.6. The van der Waals surface area contributed by atoms with Crippen LogP contribution in [0.4, 0.5) is 5.82 Å². The van der Waals surface area contributed by atoms with Crippen LogP contribution in [0.15, 0.2) is 18.3 Å². The predicted octanol–water partition coefficient (Wildman–Crippen LogP) is 1.62. The van der Waals surface area contributed by atoms with Crippen molar-refractivity contribution in [2.24, 2.45) is 7.05 Å². The number of nitrogens with one attached hydrogen (secondary N) is 1. The number of aromatic nitrogens is 2. The van der Waals surface area contributed by atoms with Gasteiger partial charge in [-0.2, -0.15) is 5.10 Å². The van der Waals surface area contributed by atoms with Gasteiger partial charge in [0.1, 0.15) is 5.82 Å². The number of phenols is 1. The van der Waals surface area contributed by atoms with Crippen molar-refractivity contribution in [3.63, 3.8) is 0 Å². The minimum Gasteiger partial charge on any atom is -0.502 e. The third kappa shape index (κ3) is 2.14. The number of hydrogen-bond acceptors (Lipinski definition) is 5. The van der Waals surface area contributed by atoms with Gasteiger partial charge in [-0.1, -0.05) is 0 Å². The molecule has 1 aliphatic heterocycles. The summed E-state index contributed by atoms with van der Waals surface area (Å²) in [6.07, 6.45) is 2.04. The molecule has 0 bridgehead atoms. The van der Waals surface area contributed by atoms with Gasteiger partial charge in [0.2, 0.25) is 11.7 Å². The number of phenolic OH excluding ortho intramolecular Hbond substituents is 1. The standard InChI is InChI=1S/C15H17N3O4/c1-18-15-10(7-16-18)9(6-13(19)17-15)8-4-11(21-2)14(20)12(5-8)22-3/h4-5,7,9,20H,6H2,1-3H3,(H,17,19). The van der Waals surface area contributed by atoms with Crippen molar-refractivity contribution < 1.29 is 19.4 Å². The fourth-order valence-electron chi connectivity index (χ4n) is 2.75. The van der Waals surface area contributed by atoms with E-state index in [1.807, 2.05) is 0 Å². The lowest BCUT2D eigenvalue weighted by atomic mass is 9.87. The molecule has 1 aromatic heterocycles. The average molecular weight is 303 g/mol. The first kappa shape index (κ1) is 14.2. The highest BCUT2D eigenvalue weighted by Gasteiger charge is 2.30. The van der Waals surface area contributed by atoms with Crippen molar-refractivity contribution in [1.82, 2.24) is 9.78 Å². The molecule has 2 heterocycles. The minimum absolute atomic E-state index is 0.0552. The molecule has 7 heteroatoms. The topological polar surface area (TPSA) is 85.6 Å². The molecule has 0 spiro atoms. The van der Waals surface area contributed by atoms with Crippen molar-refractivity contribution in [2.75, 3.05) is 19.5 Å². The quantitative estimate of drug-likeness (QED) is 0.900. The van der Waals surface area contributed by atoms with E-state index in [1.54, 1.807) is 30.1 Å². The number of rotatable bonds is 3. The van der Waals surface area contributed by atoms with Gasteiger partial charge in [0, 0.05) is 24.9 Å². The number of nitrogens with zero attached hydrogens (tertiary/aromatic N) is 2. The number of amides is 1. The fourth-order valence-corrected chi connectivity index (χ4v) is 2.75. The van der Waals surface area contributed by atoms with Crippen LogP contribution in [0.25, 0.3) is 0 Å². The van der Waals surface area contributed by atoms with E-state index >= 15 is 0 Å². The highest BCUT2D eigenvalue weighted by molar-refractivity contribution is 5.94. The van der Waals surface area contributed by atoms with Gasteiger partial charge in [0.05, 0.1) is 20.4 Å². The first-order chi connectivity index (χ1) is 10.5. The maximum Gasteiger partial charge on any atom is 0.226 e. The summed E-state index contributed by atoms with van der Waals surface area (Å²) >= 11 is 0. The molecule has 22 heavy (non-hydrogen) atoms. The SMILES string of the molecule is COc1cc(C2CC(=O)Nc3c2cnn3C)cc(OC)c1O. The molecule has 1 aliphatic rings. The highest BCUT2D eigenvalue weighted by atomic mass is 16.5. The summed E-state index contributed by atoms with van der Waals surface area (Å²) in [5, 5.41) is 17.0. The lowest BCUT2D eigenvalue weighted by Gasteiger charge is -2.24. The second-order valence-electron chi connectivity index (χ2n) is 5.15. The molecule has 0 saturated carbocycles. The Morgan fingerprint density at radius 1 is 1.32 bits per heavy atom. The van der Waals surface area contributed by atoms with Gasteiger partial charge in [-0.15, -0.1) is 0 Å². The molecule has 116 valence electrons. The summed E-state index contributed by atoms with van der Waals surface area (Å²) in [5.41, 5.74) is 1.76. The third-order valence-corrected chi connectivity index (χ3v) is 3.89. The fraction of sp³-hybridized carbons (Fsp3) is 0.333. The van der Waals surface area contributed by atoms with E-state index in [-0.39, 0.29) is 17.6 Å². The molecule has 3 rings (SSSR count). The number of fused-ring (bicyclic) bond motifs is 1. The van der Waals surface area contributed by atoms with Crippen LogP contribution < -0.4 is 14.8 Å². The monoisotopic (exact) mass is 303 g/mol. The molecule has 2 aromatic rings. The number of benzene rings is 1. The number of aryl methyl sites for hydroxylation is 1. The highest BCUT2D eigenvalue weighted by Crippen LogP contribution is 2.43. The summed E-state index contributed by atoms with van der Waals surface area (Å²) in [7, 11) is 4.72. The van der Waals surface area contributed by atoms with Gasteiger partial charge < -0.3 is 19.9 Å². The molecule has 0 radical (unpaired) electrons. The van der Waals surface area contributed by atoms with Crippen molar-refractivity contribution in [2.45, 2.75) is 12.3 Å². The summed E-state index contributed by atoms with van der Waals surface area (Å²) in [4.78, 5) is 12.0. The molecule has 1 amide bonds. The van der Waals surface area contributed by atoms with Crippen LogP contribution in [0.5, 0.6) is 17.2 Å². The average Bonchev–Trinajstić information content (AvgIpc) is 2.88. The van der Waals surface area contributed by atoms with Gasteiger partial charge in [-0.3, -0.25) is 9.48 Å². The Bertz CT molecular complexity index is 713. The van der Waals surface area contributed by atoms with E-state index in [9.17, 15) is 9.90 Å². The van der Waals surface area contributed by atoms with Crippen molar-refractivity contribution >= 4 is 11.7 Å².